The van der Waals surface area contributed by atoms with Crippen LogP contribution < -0.4 is 9.47 Å². The van der Waals surface area contributed by atoms with Crippen molar-refractivity contribution in [3.05, 3.63) is 60.0 Å². The third-order valence-corrected chi connectivity index (χ3v) is 6.61. The fourth-order valence-electron chi connectivity index (χ4n) is 3.42. The van der Waals surface area contributed by atoms with Crippen LogP contribution in [0, 0.1) is 5.92 Å². The van der Waals surface area contributed by atoms with Gasteiger partial charge in [-0.25, -0.2) is 14.8 Å². The van der Waals surface area contributed by atoms with Crippen molar-refractivity contribution in [2.75, 3.05) is 13.1 Å². The van der Waals surface area contributed by atoms with Crippen molar-refractivity contribution in [1.82, 2.24) is 19.9 Å². The number of aromatic amines is 1. The Balaban J connectivity index is 1.24. The molecule has 162 valence electrons. The molecule has 1 atom stereocenters. The number of nitrogens with one attached hydrogen (secondary N) is 1. The maximum absolute atomic E-state index is 12.5. The number of likely N-dealkylation sites (tertiary alicyclic amines) is 1. The van der Waals surface area contributed by atoms with E-state index < -0.39 is 0 Å². The molecule has 1 aromatic carbocycles. The summed E-state index contributed by atoms with van der Waals surface area (Å²) in [6.45, 7) is 3.60. The second-order valence-electron chi connectivity index (χ2n) is 7.30. The lowest BCUT2D eigenvalue weighted by Gasteiger charge is -2.33. The van der Waals surface area contributed by atoms with E-state index in [9.17, 15) is 4.79 Å². The van der Waals surface area contributed by atoms with Crippen LogP contribution >= 0.6 is 23.4 Å². The van der Waals surface area contributed by atoms with Gasteiger partial charge in [0.2, 0.25) is 5.88 Å². The Morgan fingerprint density at radius 2 is 1.90 bits per heavy atom. The number of carbonyl (C=O) groups is 1. The van der Waals surface area contributed by atoms with E-state index in [0.29, 0.717) is 46.7 Å². The Labute approximate surface area is 190 Å². The first-order valence-electron chi connectivity index (χ1n) is 10.1. The number of nitrogens with zero attached hydrogens (tertiary/aromatic N) is 3. The van der Waals surface area contributed by atoms with Gasteiger partial charge in [-0.3, -0.25) is 0 Å². The van der Waals surface area contributed by atoms with E-state index in [0.717, 1.165) is 18.0 Å². The third kappa shape index (κ3) is 5.92. The van der Waals surface area contributed by atoms with E-state index in [-0.39, 0.29) is 6.09 Å². The van der Waals surface area contributed by atoms with Crippen LogP contribution in [0.25, 0.3) is 0 Å². The molecule has 1 aliphatic heterocycles. The molecule has 1 N–H and O–H groups in total. The summed E-state index contributed by atoms with van der Waals surface area (Å²) in [5.74, 6) is 2.05. The maximum Gasteiger partial charge on any atom is 0.415 e. The lowest BCUT2D eigenvalue weighted by Crippen LogP contribution is -2.41. The average molecular weight is 459 g/mol. The number of hydrogen-bond acceptors (Lipinski definition) is 6. The molecule has 1 aliphatic rings. The zero-order chi connectivity index (χ0) is 21.6. The molecule has 1 saturated heterocycles. The standard InChI is InChI=1S/C22H23ClN4O3S/c1-15(31-21-24-10-11-25-21)16-8-12-27(13-9-16)22(28)30-19-5-3-18(4-6-19)29-20-7-2-17(23)14-26-20/h2-7,10-11,14-16H,8-9,12-13H2,1H3,(H,24,25). The van der Waals surface area contributed by atoms with Gasteiger partial charge in [0.25, 0.3) is 0 Å². The van der Waals surface area contributed by atoms with E-state index in [1.54, 1.807) is 59.3 Å². The van der Waals surface area contributed by atoms with Gasteiger partial charge in [-0.1, -0.05) is 30.3 Å². The van der Waals surface area contributed by atoms with Gasteiger partial charge in [0, 0.05) is 43.0 Å². The number of aromatic nitrogens is 3. The predicted molar refractivity (Wildman–Crippen MR) is 120 cm³/mol. The molecule has 0 saturated carbocycles. The summed E-state index contributed by atoms with van der Waals surface area (Å²) in [5.41, 5.74) is 0. The molecule has 0 spiro atoms. The number of ether oxygens (including phenoxy) is 2. The van der Waals surface area contributed by atoms with Crippen molar-refractivity contribution >= 4 is 29.5 Å². The molecule has 0 radical (unpaired) electrons. The van der Waals surface area contributed by atoms with Gasteiger partial charge in [-0.15, -0.1) is 0 Å². The summed E-state index contributed by atoms with van der Waals surface area (Å²) in [7, 11) is 0. The van der Waals surface area contributed by atoms with Gasteiger partial charge in [-0.2, -0.15) is 0 Å². The van der Waals surface area contributed by atoms with E-state index in [1.165, 1.54) is 6.20 Å². The number of imidazole rings is 1. The zero-order valence-corrected chi connectivity index (χ0v) is 18.6. The number of H-pyrrole nitrogens is 1. The van der Waals surface area contributed by atoms with Crippen molar-refractivity contribution in [3.63, 3.8) is 0 Å². The second kappa shape index (κ2) is 10.1. The summed E-state index contributed by atoms with van der Waals surface area (Å²) in [4.78, 5) is 25.8. The molecule has 2 aromatic heterocycles. The molecule has 7 nitrogen and oxygen atoms in total. The maximum atomic E-state index is 12.5. The number of thioether (sulfide) groups is 1. The molecular weight excluding hydrogens is 436 g/mol. The monoisotopic (exact) mass is 458 g/mol. The van der Waals surface area contributed by atoms with Crippen molar-refractivity contribution in [2.24, 2.45) is 5.92 Å². The number of halogens is 1. The Kier molecular flexibility index (Phi) is 6.99. The van der Waals surface area contributed by atoms with Crippen LogP contribution in [0.1, 0.15) is 19.8 Å². The van der Waals surface area contributed by atoms with Crippen molar-refractivity contribution in [2.45, 2.75) is 30.2 Å². The van der Waals surface area contributed by atoms with E-state index in [4.69, 9.17) is 21.1 Å². The number of hydrogen-bond donors (Lipinski definition) is 1. The lowest BCUT2D eigenvalue weighted by atomic mass is 9.94. The number of pyridine rings is 1. The first kappa shape index (κ1) is 21.5. The first-order valence-corrected chi connectivity index (χ1v) is 11.3. The fraction of sp³-hybridized carbons (Fsp3) is 0.318. The third-order valence-electron chi connectivity index (χ3n) is 5.18. The van der Waals surface area contributed by atoms with E-state index in [1.807, 2.05) is 6.20 Å². The van der Waals surface area contributed by atoms with Crippen LogP contribution in [0.4, 0.5) is 4.79 Å². The Hall–Kier alpha value is -2.71. The minimum absolute atomic E-state index is 0.321. The molecule has 1 amide bonds. The van der Waals surface area contributed by atoms with Crippen molar-refractivity contribution in [3.8, 4) is 17.4 Å². The zero-order valence-electron chi connectivity index (χ0n) is 17.0. The Morgan fingerprint density at radius 1 is 1.16 bits per heavy atom. The van der Waals surface area contributed by atoms with E-state index >= 15 is 0 Å². The quantitative estimate of drug-likeness (QED) is 0.481. The summed E-state index contributed by atoms with van der Waals surface area (Å²) < 4.78 is 11.2. The van der Waals surface area contributed by atoms with Gasteiger partial charge in [0.15, 0.2) is 5.16 Å². The number of rotatable bonds is 6. The summed E-state index contributed by atoms with van der Waals surface area (Å²) in [5, 5.41) is 1.92. The Bertz CT molecular complexity index is 975. The summed E-state index contributed by atoms with van der Waals surface area (Å²) in [6.07, 6.45) is 6.70. The highest BCUT2D eigenvalue weighted by Crippen LogP contribution is 2.32. The SMILES string of the molecule is CC(Sc1ncc[nH]1)C1CCN(C(=O)Oc2ccc(Oc3ccc(Cl)cn3)cc2)CC1. The molecule has 9 heteroatoms. The first-order chi connectivity index (χ1) is 15.1. The predicted octanol–water partition coefficient (Wildman–Crippen LogP) is 5.64. The smallest absolute Gasteiger partial charge is 0.415 e. The summed E-state index contributed by atoms with van der Waals surface area (Å²) in [6, 6.07) is 10.3. The highest BCUT2D eigenvalue weighted by atomic mass is 35.5. The van der Waals surface area contributed by atoms with Gasteiger partial charge in [0.05, 0.1) is 5.02 Å². The molecule has 1 fully saturated rings. The minimum atomic E-state index is -0.321. The van der Waals surface area contributed by atoms with Crippen molar-refractivity contribution < 1.29 is 14.3 Å². The topological polar surface area (TPSA) is 80.3 Å². The van der Waals surface area contributed by atoms with Crippen LogP contribution in [-0.2, 0) is 0 Å². The number of piperidine rings is 1. The minimum Gasteiger partial charge on any atom is -0.439 e. The fourth-order valence-corrected chi connectivity index (χ4v) is 4.61. The molecule has 3 heterocycles. The molecular formula is C22H23ClN4O3S. The normalized spacial score (nSPS) is 15.5. The lowest BCUT2D eigenvalue weighted by molar-refractivity contribution is 0.131. The molecule has 1 unspecified atom stereocenters. The van der Waals surface area contributed by atoms with Crippen LogP contribution in [-0.4, -0.2) is 44.3 Å². The highest BCUT2D eigenvalue weighted by Gasteiger charge is 2.28. The van der Waals surface area contributed by atoms with Crippen LogP contribution in [0.5, 0.6) is 17.4 Å². The highest BCUT2D eigenvalue weighted by molar-refractivity contribution is 7.99. The van der Waals surface area contributed by atoms with Gasteiger partial charge in [-0.05, 0) is 49.1 Å². The molecule has 0 bridgehead atoms. The van der Waals surface area contributed by atoms with Crippen LogP contribution in [0.3, 0.4) is 0 Å². The van der Waals surface area contributed by atoms with Gasteiger partial charge >= 0.3 is 6.09 Å². The average Bonchev–Trinajstić information content (AvgIpc) is 3.30. The molecule has 3 aromatic rings. The number of carbonyl (C=O) groups excluding carboxylic acids is 1. The summed E-state index contributed by atoms with van der Waals surface area (Å²) >= 11 is 7.57. The van der Waals surface area contributed by atoms with Gasteiger partial charge < -0.3 is 19.4 Å². The van der Waals surface area contributed by atoms with Crippen LogP contribution in [0.2, 0.25) is 5.02 Å². The Morgan fingerprint density at radius 3 is 2.55 bits per heavy atom. The largest absolute Gasteiger partial charge is 0.439 e. The molecule has 4 rings (SSSR count). The number of benzene rings is 1. The van der Waals surface area contributed by atoms with E-state index in [2.05, 4.69) is 21.9 Å². The van der Waals surface area contributed by atoms with Crippen molar-refractivity contribution in [1.29, 1.82) is 0 Å². The molecule has 0 aliphatic carbocycles. The van der Waals surface area contributed by atoms with Gasteiger partial charge in [0.1, 0.15) is 11.5 Å². The number of amides is 1. The van der Waals surface area contributed by atoms with Crippen LogP contribution in [0.15, 0.2) is 60.1 Å². The second-order valence-corrected chi connectivity index (χ2v) is 9.10. The molecule has 31 heavy (non-hydrogen) atoms.